The molecule has 0 saturated heterocycles. The van der Waals surface area contributed by atoms with Gasteiger partial charge in [-0.1, -0.05) is 24.3 Å². The Balaban J connectivity index is 1.91. The molecule has 4 nitrogen and oxygen atoms in total. The SMILES string of the molecule is NCc1cccc(Oc2nc3ccccc3o2)c1. The first-order valence-corrected chi connectivity index (χ1v) is 5.67. The molecular formula is C14H12N2O2. The third kappa shape index (κ3) is 2.06. The van der Waals surface area contributed by atoms with Gasteiger partial charge in [-0.05, 0) is 29.8 Å². The summed E-state index contributed by atoms with van der Waals surface area (Å²) in [5, 5.41) is 0. The number of benzene rings is 2. The lowest BCUT2D eigenvalue weighted by molar-refractivity contribution is 0.343. The van der Waals surface area contributed by atoms with E-state index in [1.165, 1.54) is 0 Å². The number of oxazole rings is 1. The van der Waals surface area contributed by atoms with Gasteiger partial charge in [0.05, 0.1) is 0 Å². The zero-order valence-electron chi connectivity index (χ0n) is 9.67. The molecule has 0 aliphatic carbocycles. The quantitative estimate of drug-likeness (QED) is 0.764. The normalized spacial score (nSPS) is 10.7. The van der Waals surface area contributed by atoms with Crippen molar-refractivity contribution in [2.75, 3.05) is 0 Å². The molecule has 3 aromatic rings. The largest absolute Gasteiger partial charge is 0.411 e. The Hall–Kier alpha value is -2.33. The molecule has 0 fully saturated rings. The Morgan fingerprint density at radius 2 is 2.00 bits per heavy atom. The van der Waals surface area contributed by atoms with Crippen LogP contribution in [0.3, 0.4) is 0 Å². The minimum absolute atomic E-state index is 0.241. The van der Waals surface area contributed by atoms with Gasteiger partial charge in [-0.15, -0.1) is 0 Å². The molecule has 0 bridgehead atoms. The molecule has 0 unspecified atom stereocenters. The van der Waals surface area contributed by atoms with Gasteiger partial charge >= 0.3 is 6.08 Å². The van der Waals surface area contributed by atoms with Crippen LogP contribution in [0.1, 0.15) is 5.56 Å². The van der Waals surface area contributed by atoms with Crippen molar-refractivity contribution >= 4 is 11.1 Å². The van der Waals surface area contributed by atoms with Crippen LogP contribution >= 0.6 is 0 Å². The first kappa shape index (κ1) is 10.8. The second-order valence-electron chi connectivity index (χ2n) is 3.90. The number of fused-ring (bicyclic) bond motifs is 1. The topological polar surface area (TPSA) is 61.3 Å². The highest BCUT2D eigenvalue weighted by Gasteiger charge is 2.07. The monoisotopic (exact) mass is 240 g/mol. The maximum atomic E-state index is 5.58. The van der Waals surface area contributed by atoms with E-state index < -0.39 is 0 Å². The standard InChI is InChI=1S/C14H12N2O2/c15-9-10-4-3-5-11(8-10)17-14-16-12-6-1-2-7-13(12)18-14/h1-8H,9,15H2. The maximum Gasteiger partial charge on any atom is 0.400 e. The summed E-state index contributed by atoms with van der Waals surface area (Å²) < 4.78 is 11.1. The van der Waals surface area contributed by atoms with Gasteiger partial charge in [0, 0.05) is 6.54 Å². The van der Waals surface area contributed by atoms with E-state index in [2.05, 4.69) is 4.98 Å². The fourth-order valence-electron chi connectivity index (χ4n) is 1.73. The van der Waals surface area contributed by atoms with Crippen LogP contribution in [0.25, 0.3) is 11.1 Å². The van der Waals surface area contributed by atoms with Gasteiger partial charge in [0.2, 0.25) is 0 Å². The summed E-state index contributed by atoms with van der Waals surface area (Å²) in [6, 6.07) is 15.1. The van der Waals surface area contributed by atoms with Gasteiger partial charge in [0.1, 0.15) is 11.3 Å². The molecule has 1 aromatic heterocycles. The molecule has 0 aliphatic rings. The van der Waals surface area contributed by atoms with Crippen molar-refractivity contribution in [1.82, 2.24) is 4.98 Å². The van der Waals surface area contributed by atoms with Gasteiger partial charge in [0.15, 0.2) is 5.58 Å². The van der Waals surface area contributed by atoms with Crippen molar-refractivity contribution in [3.8, 4) is 11.8 Å². The van der Waals surface area contributed by atoms with E-state index in [-0.39, 0.29) is 6.08 Å². The van der Waals surface area contributed by atoms with Crippen LogP contribution in [0, 0.1) is 0 Å². The highest BCUT2D eigenvalue weighted by molar-refractivity contribution is 5.72. The van der Waals surface area contributed by atoms with E-state index in [1.807, 2.05) is 48.5 Å². The summed E-state index contributed by atoms with van der Waals surface area (Å²) in [7, 11) is 0. The van der Waals surface area contributed by atoms with Gasteiger partial charge < -0.3 is 14.9 Å². The van der Waals surface area contributed by atoms with Crippen LogP contribution in [-0.2, 0) is 6.54 Å². The van der Waals surface area contributed by atoms with Crippen LogP contribution in [0.15, 0.2) is 52.9 Å². The number of rotatable bonds is 3. The molecule has 0 saturated carbocycles. The van der Waals surface area contributed by atoms with Crippen molar-refractivity contribution in [3.63, 3.8) is 0 Å². The Kier molecular flexibility index (Phi) is 2.70. The fourth-order valence-corrected chi connectivity index (χ4v) is 1.73. The molecule has 0 amide bonds. The zero-order chi connectivity index (χ0) is 12.4. The molecule has 90 valence electrons. The molecular weight excluding hydrogens is 228 g/mol. The Bertz CT molecular complexity index is 643. The predicted octanol–water partition coefficient (Wildman–Crippen LogP) is 3.08. The smallest absolute Gasteiger partial charge is 0.400 e. The molecule has 3 rings (SSSR count). The predicted molar refractivity (Wildman–Crippen MR) is 68.4 cm³/mol. The second-order valence-corrected chi connectivity index (χ2v) is 3.90. The lowest BCUT2D eigenvalue weighted by Crippen LogP contribution is -1.96. The minimum atomic E-state index is 0.241. The number of nitrogens with zero attached hydrogens (tertiary/aromatic N) is 1. The van der Waals surface area contributed by atoms with Gasteiger partial charge in [-0.3, -0.25) is 0 Å². The van der Waals surface area contributed by atoms with Gasteiger partial charge in [0.25, 0.3) is 0 Å². The Morgan fingerprint density at radius 1 is 1.11 bits per heavy atom. The Morgan fingerprint density at radius 3 is 2.83 bits per heavy atom. The maximum absolute atomic E-state index is 5.58. The molecule has 2 aromatic carbocycles. The number of aromatic nitrogens is 1. The van der Waals surface area contributed by atoms with E-state index in [4.69, 9.17) is 14.9 Å². The zero-order valence-corrected chi connectivity index (χ0v) is 9.67. The van der Waals surface area contributed by atoms with E-state index >= 15 is 0 Å². The summed E-state index contributed by atoms with van der Waals surface area (Å²) in [6.45, 7) is 0.477. The fraction of sp³-hybridized carbons (Fsp3) is 0.0714. The molecule has 0 radical (unpaired) electrons. The average Bonchev–Trinajstić information content (AvgIpc) is 2.81. The highest BCUT2D eigenvalue weighted by atomic mass is 16.6. The average molecular weight is 240 g/mol. The number of ether oxygens (including phenoxy) is 1. The van der Waals surface area contributed by atoms with Crippen LogP contribution in [0.5, 0.6) is 11.8 Å². The molecule has 0 aliphatic heterocycles. The molecule has 1 heterocycles. The van der Waals surface area contributed by atoms with Crippen molar-refractivity contribution in [3.05, 3.63) is 54.1 Å². The lowest BCUT2D eigenvalue weighted by atomic mass is 10.2. The molecule has 2 N–H and O–H groups in total. The summed E-state index contributed by atoms with van der Waals surface area (Å²) in [5.41, 5.74) is 8.07. The third-order valence-corrected chi connectivity index (χ3v) is 2.61. The molecule has 0 spiro atoms. The number of hydrogen-bond donors (Lipinski definition) is 1. The van der Waals surface area contributed by atoms with E-state index in [0.29, 0.717) is 17.9 Å². The second kappa shape index (κ2) is 4.50. The number of hydrogen-bond acceptors (Lipinski definition) is 4. The van der Waals surface area contributed by atoms with Crippen LogP contribution in [0.4, 0.5) is 0 Å². The number of nitrogens with two attached hydrogens (primary N) is 1. The van der Waals surface area contributed by atoms with Crippen LogP contribution in [-0.4, -0.2) is 4.98 Å². The summed E-state index contributed by atoms with van der Waals surface area (Å²) in [5.74, 6) is 0.671. The van der Waals surface area contributed by atoms with Crippen LogP contribution in [0.2, 0.25) is 0 Å². The van der Waals surface area contributed by atoms with Crippen molar-refractivity contribution in [2.24, 2.45) is 5.73 Å². The third-order valence-electron chi connectivity index (χ3n) is 2.61. The number of para-hydroxylation sites is 2. The van der Waals surface area contributed by atoms with E-state index in [0.717, 1.165) is 11.1 Å². The molecule has 18 heavy (non-hydrogen) atoms. The summed E-state index contributed by atoms with van der Waals surface area (Å²) >= 11 is 0. The first-order valence-electron chi connectivity index (χ1n) is 5.67. The van der Waals surface area contributed by atoms with Crippen molar-refractivity contribution < 1.29 is 9.15 Å². The van der Waals surface area contributed by atoms with Crippen LogP contribution < -0.4 is 10.5 Å². The van der Waals surface area contributed by atoms with Crippen molar-refractivity contribution in [1.29, 1.82) is 0 Å². The van der Waals surface area contributed by atoms with Gasteiger partial charge in [-0.25, -0.2) is 0 Å². The van der Waals surface area contributed by atoms with Crippen molar-refractivity contribution in [2.45, 2.75) is 6.54 Å². The highest BCUT2D eigenvalue weighted by Crippen LogP contribution is 2.25. The lowest BCUT2D eigenvalue weighted by Gasteiger charge is -2.02. The first-order chi connectivity index (χ1) is 8.85. The summed E-state index contributed by atoms with van der Waals surface area (Å²) in [4.78, 5) is 4.24. The minimum Gasteiger partial charge on any atom is -0.411 e. The van der Waals surface area contributed by atoms with E-state index in [1.54, 1.807) is 0 Å². The Labute approximate surface area is 104 Å². The molecule has 0 atom stereocenters. The van der Waals surface area contributed by atoms with E-state index in [9.17, 15) is 0 Å². The molecule has 4 heteroatoms. The summed E-state index contributed by atoms with van der Waals surface area (Å²) in [6.07, 6.45) is 0.241. The van der Waals surface area contributed by atoms with Gasteiger partial charge in [-0.2, -0.15) is 4.98 Å².